The molecule has 4 saturated heterocycles. The lowest BCUT2D eigenvalue weighted by Crippen LogP contribution is -2.43. The Hall–Kier alpha value is -7.96. The van der Waals surface area contributed by atoms with E-state index in [0.717, 1.165) is 118 Å². The summed E-state index contributed by atoms with van der Waals surface area (Å²) in [7, 11) is 0. The molecule has 4 atom stereocenters. The zero-order valence-electron chi connectivity index (χ0n) is 52.3. The number of benzene rings is 7. The lowest BCUT2D eigenvalue weighted by Gasteiger charge is -2.28. The maximum absolute atomic E-state index is 13.5. The van der Waals surface area contributed by atoms with Gasteiger partial charge in [0.25, 0.3) is 0 Å². The number of amides is 2. The molecule has 9 aromatic rings. The molecule has 6 aliphatic heterocycles. The molecule has 0 aliphatic carbocycles. The summed E-state index contributed by atoms with van der Waals surface area (Å²) in [5, 5.41) is 13.1. The first kappa shape index (κ1) is 65.1. The van der Waals surface area contributed by atoms with Crippen LogP contribution in [0, 0.1) is 0 Å². The van der Waals surface area contributed by atoms with E-state index in [1.165, 1.54) is 40.5 Å². The monoisotopic (exact) mass is 1320 g/mol. The van der Waals surface area contributed by atoms with E-state index in [1.807, 2.05) is 98.7 Å². The van der Waals surface area contributed by atoms with Gasteiger partial charge in [0.1, 0.15) is 22.3 Å². The smallest absolute Gasteiger partial charge is 0.410 e. The fourth-order valence-corrected chi connectivity index (χ4v) is 14.5. The SMILES string of the molecule is CC(C)(C)OC(=O)N1CCC[C@H]1C1=NC=C(c2ccc3cc(-c4ccc5c(=O)c(Cl)c(C6CCCN6C(=O)OCc6ccccc6)[nH]c5c4)ccc3c2)C1.O=c1c(Cl)c(C2CCCN2)[nH]c2cc(-c3ccc4cc(C5=CN=C([C@@H]6CCCN6)C5)ccc4c3)ccc12.S.S. The van der Waals surface area contributed by atoms with Crippen LogP contribution in [0.5, 0.6) is 0 Å². The highest BCUT2D eigenvalue weighted by atomic mass is 35.5. The number of pyridine rings is 2. The summed E-state index contributed by atoms with van der Waals surface area (Å²) in [5.74, 6) is 0. The van der Waals surface area contributed by atoms with Gasteiger partial charge in [0.05, 0.1) is 34.5 Å². The number of aliphatic imine (C=N–C) groups is 2. The number of aromatic nitrogens is 2. The largest absolute Gasteiger partial charge is 0.445 e. The van der Waals surface area contributed by atoms with Gasteiger partial charge in [0.15, 0.2) is 0 Å². The molecule has 2 unspecified atom stereocenters. The van der Waals surface area contributed by atoms with Crippen LogP contribution in [0.15, 0.2) is 172 Å². The van der Waals surface area contributed by atoms with Crippen LogP contribution in [0.4, 0.5) is 9.59 Å². The van der Waals surface area contributed by atoms with Crippen molar-refractivity contribution in [2.75, 3.05) is 26.2 Å². The maximum Gasteiger partial charge on any atom is 0.410 e. The summed E-state index contributed by atoms with van der Waals surface area (Å²) in [6.07, 6.45) is 12.7. The number of nitrogens with one attached hydrogen (secondary N) is 4. The van der Waals surface area contributed by atoms with E-state index in [-0.39, 0.29) is 67.7 Å². The third-order valence-electron chi connectivity index (χ3n) is 18.7. The van der Waals surface area contributed by atoms with Gasteiger partial charge in [0.2, 0.25) is 10.9 Å². The number of ether oxygens (including phenoxy) is 2. The summed E-state index contributed by atoms with van der Waals surface area (Å²) in [6.45, 7) is 9.09. The molecule has 2 aromatic heterocycles. The van der Waals surface area contributed by atoms with Gasteiger partial charge in [-0.3, -0.25) is 29.4 Å². The quantitative estimate of drug-likeness (QED) is 0.105. The predicted octanol–water partition coefficient (Wildman–Crippen LogP) is 16.6. The number of allylic oxidation sites excluding steroid dienone is 2. The van der Waals surface area contributed by atoms with Gasteiger partial charge in [-0.1, -0.05) is 114 Å². The molecular formula is C75H76Cl2N8O6S2. The second-order valence-corrected chi connectivity index (χ2v) is 26.6. The second kappa shape index (κ2) is 27.5. The lowest BCUT2D eigenvalue weighted by atomic mass is 9.95. The Kier molecular flexibility index (Phi) is 19.3. The van der Waals surface area contributed by atoms with E-state index in [2.05, 4.69) is 99.5 Å². The number of likely N-dealkylation sites (tertiary alicyclic amines) is 2. The van der Waals surface area contributed by atoms with Crippen LogP contribution in [0.1, 0.15) is 125 Å². The molecular weight excluding hydrogens is 1240 g/mol. The van der Waals surface area contributed by atoms with Crippen LogP contribution in [0.3, 0.4) is 0 Å². The number of carbonyl (C=O) groups excluding carboxylic acids is 2. The Bertz CT molecular complexity index is 4640. The molecule has 478 valence electrons. The van der Waals surface area contributed by atoms with E-state index in [9.17, 15) is 19.2 Å². The van der Waals surface area contributed by atoms with Crippen molar-refractivity contribution in [1.29, 1.82) is 0 Å². The zero-order chi connectivity index (χ0) is 62.5. The van der Waals surface area contributed by atoms with Gasteiger partial charge in [0, 0.05) is 72.6 Å². The number of hydrogen-bond acceptors (Lipinski definition) is 10. The maximum atomic E-state index is 13.5. The summed E-state index contributed by atoms with van der Waals surface area (Å²) in [5.41, 5.74) is 14.0. The molecule has 6 aliphatic rings. The Morgan fingerprint density at radius 1 is 0.527 bits per heavy atom. The van der Waals surface area contributed by atoms with E-state index < -0.39 is 17.7 Å². The van der Waals surface area contributed by atoms with Crippen LogP contribution in [0.2, 0.25) is 10.0 Å². The van der Waals surface area contributed by atoms with Crippen molar-refractivity contribution < 1.29 is 19.1 Å². The van der Waals surface area contributed by atoms with Crippen molar-refractivity contribution in [2.45, 2.75) is 121 Å². The number of nitrogens with zero attached hydrogens (tertiary/aromatic N) is 4. The summed E-state index contributed by atoms with van der Waals surface area (Å²) < 4.78 is 11.3. The Balaban J connectivity index is 0.000000187. The molecule has 4 fully saturated rings. The highest BCUT2D eigenvalue weighted by Crippen LogP contribution is 2.39. The minimum atomic E-state index is -0.541. The third kappa shape index (κ3) is 13.6. The average molecular weight is 1320 g/mol. The molecule has 14 nitrogen and oxygen atoms in total. The van der Waals surface area contributed by atoms with E-state index >= 15 is 0 Å². The third-order valence-corrected chi connectivity index (χ3v) is 19.5. The van der Waals surface area contributed by atoms with Gasteiger partial charge in [-0.15, -0.1) is 0 Å². The Morgan fingerprint density at radius 2 is 0.989 bits per heavy atom. The second-order valence-electron chi connectivity index (χ2n) is 25.9. The molecule has 2 amide bonds. The number of aromatic amines is 2. The normalized spacial score (nSPS) is 19.5. The van der Waals surface area contributed by atoms with Crippen molar-refractivity contribution >= 4 is 128 Å². The first-order valence-electron chi connectivity index (χ1n) is 31.9. The fraction of sp³-hybridized carbons (Fsp3) is 0.307. The van der Waals surface area contributed by atoms with E-state index in [4.69, 9.17) is 42.7 Å². The zero-order valence-corrected chi connectivity index (χ0v) is 55.9. The number of halogens is 2. The Morgan fingerprint density at radius 3 is 1.54 bits per heavy atom. The lowest BCUT2D eigenvalue weighted by molar-refractivity contribution is 0.0265. The molecule has 7 aromatic carbocycles. The summed E-state index contributed by atoms with van der Waals surface area (Å²) in [6, 6.07) is 47.4. The van der Waals surface area contributed by atoms with Crippen molar-refractivity contribution in [1.82, 2.24) is 30.4 Å². The standard InChI is InChI=1S/C44H43ClN4O5.C31H29ClN4O.2H2S/c1-44(2,3)54-43(52)48-19-7-11-37(48)36-24-33(25-46-36)31-16-15-28-21-30(14-13-29(28)22-31)32-17-18-34-35(23-32)47-40(39(45)41(34)50)38-12-8-20-49(38)42(51)53-26-27-9-5-4-6-10-27;32-29-30(26-4-2-12-34-26)36-27-15-22(9-10-24(27)31(29)37)20-6-5-19-14-21(8-7-18(19)13-20)23-16-28(35-17-23)25-3-1-11-33-25;;/h4-6,9-10,13-18,21-23,25,37-38H,7-8,11-12,19-20,24,26H2,1-3H3,(H,47,50);5-10,13-15,17,25-26,33-34H,1-4,11-12,16H2,(H,36,37);2*1H2/t37-,38?;25-,26?;;/m00../s1. The minimum Gasteiger partial charge on any atom is -0.445 e. The first-order valence-corrected chi connectivity index (χ1v) is 32.7. The first-order chi connectivity index (χ1) is 44.2. The van der Waals surface area contributed by atoms with Gasteiger partial charge < -0.3 is 30.1 Å². The van der Waals surface area contributed by atoms with Crippen molar-refractivity contribution in [3.8, 4) is 22.3 Å². The number of H-pyrrole nitrogens is 2. The predicted molar refractivity (Wildman–Crippen MR) is 388 cm³/mol. The number of carbonyl (C=O) groups is 2. The molecule has 15 rings (SSSR count). The van der Waals surface area contributed by atoms with Crippen LogP contribution in [-0.2, 0) is 16.1 Å². The minimum absolute atomic E-state index is 0. The Labute approximate surface area is 564 Å². The van der Waals surface area contributed by atoms with Crippen molar-refractivity contribution in [2.24, 2.45) is 9.98 Å². The van der Waals surface area contributed by atoms with E-state index in [0.29, 0.717) is 59.0 Å². The number of rotatable bonds is 10. The van der Waals surface area contributed by atoms with Gasteiger partial charge in [-0.05, 0) is 205 Å². The van der Waals surface area contributed by atoms with E-state index in [1.54, 1.807) is 4.90 Å². The molecule has 4 N–H and O–H groups in total. The molecule has 93 heavy (non-hydrogen) atoms. The highest BCUT2D eigenvalue weighted by molar-refractivity contribution is 7.59. The molecule has 0 bridgehead atoms. The molecule has 0 spiro atoms. The summed E-state index contributed by atoms with van der Waals surface area (Å²) >= 11 is 13.2. The van der Waals surface area contributed by atoms with Crippen LogP contribution < -0.4 is 21.5 Å². The van der Waals surface area contributed by atoms with Crippen LogP contribution >= 0.6 is 50.2 Å². The molecule has 0 saturated carbocycles. The molecule has 8 heterocycles. The average Bonchev–Trinajstić information content (AvgIpc) is 1.17. The number of hydrogen-bond donors (Lipinski definition) is 4. The van der Waals surface area contributed by atoms with Crippen molar-refractivity contribution in [3.63, 3.8) is 0 Å². The van der Waals surface area contributed by atoms with Gasteiger partial charge in [-0.25, -0.2) is 9.59 Å². The summed E-state index contributed by atoms with van der Waals surface area (Å²) in [4.78, 5) is 72.5. The van der Waals surface area contributed by atoms with Gasteiger partial charge >= 0.3 is 12.2 Å². The van der Waals surface area contributed by atoms with Gasteiger partial charge in [-0.2, -0.15) is 27.0 Å². The highest BCUT2D eigenvalue weighted by Gasteiger charge is 2.37. The topological polar surface area (TPSA) is 174 Å². The van der Waals surface area contributed by atoms with Crippen LogP contribution in [-0.4, -0.2) is 87.2 Å². The van der Waals surface area contributed by atoms with Crippen molar-refractivity contribution in [3.05, 3.63) is 210 Å². The molecule has 18 heteroatoms. The fourth-order valence-electron chi connectivity index (χ4n) is 14.0. The molecule has 0 radical (unpaired) electrons. The number of fused-ring (bicyclic) bond motifs is 4. The van der Waals surface area contributed by atoms with Crippen LogP contribution in [0.25, 0.3) is 76.8 Å².